The van der Waals surface area contributed by atoms with Crippen LogP contribution in [0.1, 0.15) is 6.92 Å². The highest BCUT2D eigenvalue weighted by molar-refractivity contribution is 5.71. The van der Waals surface area contributed by atoms with E-state index in [1.807, 2.05) is 30.4 Å². The smallest absolute Gasteiger partial charge is 0.0277 e. The summed E-state index contributed by atoms with van der Waals surface area (Å²) < 4.78 is 0. The molecule has 0 amide bonds. The van der Waals surface area contributed by atoms with Gasteiger partial charge in [0.25, 0.3) is 0 Å². The fourth-order valence-corrected chi connectivity index (χ4v) is 1.25. The van der Waals surface area contributed by atoms with Gasteiger partial charge in [-0.3, -0.25) is 4.99 Å². The Morgan fingerprint density at radius 2 is 2.06 bits per heavy atom. The topological polar surface area (TPSA) is 12.4 Å². The van der Waals surface area contributed by atoms with E-state index in [1.165, 1.54) is 5.57 Å². The third-order valence-corrected chi connectivity index (χ3v) is 2.18. The van der Waals surface area contributed by atoms with E-state index in [0.717, 1.165) is 10.4 Å². The van der Waals surface area contributed by atoms with Crippen molar-refractivity contribution in [1.29, 1.82) is 0 Å². The Hall–Kier alpha value is -1.89. The molecule has 1 aromatic carbocycles. The molecule has 1 nitrogen and oxygen atoms in total. The van der Waals surface area contributed by atoms with Crippen molar-refractivity contribution in [1.82, 2.24) is 0 Å². The number of nitrogens with zero attached hydrogens (tertiary/aromatic N) is 1. The molecule has 0 spiro atoms. The molecule has 1 rings (SSSR count). The quantitative estimate of drug-likeness (QED) is 0.536. The van der Waals surface area contributed by atoms with Gasteiger partial charge in [0.2, 0.25) is 0 Å². The minimum atomic E-state index is 1.05. The molecule has 0 atom stereocenters. The van der Waals surface area contributed by atoms with Crippen molar-refractivity contribution in [3.8, 4) is 0 Å². The van der Waals surface area contributed by atoms with E-state index in [4.69, 9.17) is 0 Å². The van der Waals surface area contributed by atoms with Crippen molar-refractivity contribution in [2.24, 2.45) is 4.99 Å². The van der Waals surface area contributed by atoms with Crippen LogP contribution in [0.25, 0.3) is 12.7 Å². The molecule has 82 valence electrons. The molecular weight excluding hydrogens is 194 g/mol. The molecule has 0 aliphatic carbocycles. The Balaban J connectivity index is 2.91. The summed E-state index contributed by atoms with van der Waals surface area (Å²) in [6.45, 7) is 6.03. The Morgan fingerprint density at radius 3 is 2.75 bits per heavy atom. The Bertz CT molecular complexity index is 519. The highest BCUT2D eigenvalue weighted by Gasteiger charge is 1.80. The van der Waals surface area contributed by atoms with Gasteiger partial charge in [0, 0.05) is 13.3 Å². The van der Waals surface area contributed by atoms with E-state index < -0.39 is 0 Å². The molecule has 1 heteroatoms. The molecule has 0 fully saturated rings. The van der Waals surface area contributed by atoms with Crippen LogP contribution in [0.2, 0.25) is 0 Å². The number of benzene rings is 1. The molecule has 0 saturated carbocycles. The first-order valence-electron chi connectivity index (χ1n) is 5.25. The van der Waals surface area contributed by atoms with Crippen molar-refractivity contribution < 1.29 is 0 Å². The molecule has 0 radical (unpaired) electrons. The van der Waals surface area contributed by atoms with E-state index in [2.05, 4.69) is 36.7 Å². The van der Waals surface area contributed by atoms with E-state index in [9.17, 15) is 0 Å². The van der Waals surface area contributed by atoms with Crippen LogP contribution in [0.4, 0.5) is 0 Å². The SMILES string of the molecule is C=c1cccc/c1=C/C=C(C)/C=C\C=NC. The molecule has 0 bridgehead atoms. The van der Waals surface area contributed by atoms with Gasteiger partial charge in [-0.2, -0.15) is 0 Å². The zero-order valence-electron chi connectivity index (χ0n) is 9.85. The number of allylic oxidation sites excluding steroid dienone is 4. The molecule has 0 N–H and O–H groups in total. The molecule has 0 heterocycles. The second kappa shape index (κ2) is 6.57. The lowest BCUT2D eigenvalue weighted by Gasteiger charge is -1.88. The van der Waals surface area contributed by atoms with Gasteiger partial charge in [-0.05, 0) is 23.4 Å². The summed E-state index contributed by atoms with van der Waals surface area (Å²) in [5, 5.41) is 2.20. The average Bonchev–Trinajstić information content (AvgIpc) is 2.28. The summed E-state index contributed by atoms with van der Waals surface area (Å²) in [5.41, 5.74) is 1.18. The third kappa shape index (κ3) is 4.09. The van der Waals surface area contributed by atoms with Crippen LogP contribution in [0, 0.1) is 0 Å². The van der Waals surface area contributed by atoms with Gasteiger partial charge < -0.3 is 0 Å². The molecule has 0 aliphatic heterocycles. The van der Waals surface area contributed by atoms with Crippen LogP contribution in [-0.4, -0.2) is 13.3 Å². The van der Waals surface area contributed by atoms with Crippen LogP contribution in [0.15, 0.2) is 53.1 Å². The standard InChI is InChI=1S/C15H17N/c1-13(7-6-12-16-3)10-11-15-9-5-4-8-14(15)2/h4-12H,2H2,1,3H3/b7-6-,13-10+,15-11-,16-12?. The van der Waals surface area contributed by atoms with Crippen molar-refractivity contribution in [3.05, 3.63) is 58.5 Å². The number of aliphatic imine (C=N–C) groups is 1. The van der Waals surface area contributed by atoms with Gasteiger partial charge in [0.05, 0.1) is 0 Å². The summed E-state index contributed by atoms with van der Waals surface area (Å²) in [4.78, 5) is 3.88. The van der Waals surface area contributed by atoms with E-state index in [-0.39, 0.29) is 0 Å². The normalized spacial score (nSPS) is 14.1. The van der Waals surface area contributed by atoms with Gasteiger partial charge in [-0.25, -0.2) is 0 Å². The zero-order chi connectivity index (χ0) is 11.8. The fraction of sp³-hybridized carbons (Fsp3) is 0.133. The first-order chi connectivity index (χ1) is 7.74. The Morgan fingerprint density at radius 1 is 1.31 bits per heavy atom. The van der Waals surface area contributed by atoms with Crippen molar-refractivity contribution >= 4 is 18.9 Å². The lowest BCUT2D eigenvalue weighted by molar-refractivity contribution is 1.47. The maximum absolute atomic E-state index is 3.97. The van der Waals surface area contributed by atoms with Crippen LogP contribution in [0.3, 0.4) is 0 Å². The predicted octanol–water partition coefficient (Wildman–Crippen LogP) is 2.08. The molecule has 0 unspecified atom stereocenters. The van der Waals surface area contributed by atoms with Crippen molar-refractivity contribution in [3.63, 3.8) is 0 Å². The van der Waals surface area contributed by atoms with Crippen molar-refractivity contribution in [2.75, 3.05) is 7.05 Å². The Labute approximate surface area is 96.9 Å². The molecule has 0 aromatic heterocycles. The maximum Gasteiger partial charge on any atom is 0.0277 e. The fourth-order valence-electron chi connectivity index (χ4n) is 1.25. The van der Waals surface area contributed by atoms with Crippen LogP contribution in [0.5, 0.6) is 0 Å². The second-order valence-corrected chi connectivity index (χ2v) is 3.54. The molecule has 0 saturated heterocycles. The first-order valence-corrected chi connectivity index (χ1v) is 5.25. The van der Waals surface area contributed by atoms with E-state index >= 15 is 0 Å². The third-order valence-electron chi connectivity index (χ3n) is 2.18. The number of hydrogen-bond acceptors (Lipinski definition) is 1. The largest absolute Gasteiger partial charge is 0.297 e. The monoisotopic (exact) mass is 211 g/mol. The molecule has 1 aromatic rings. The molecule has 0 aliphatic rings. The van der Waals surface area contributed by atoms with Gasteiger partial charge in [0.1, 0.15) is 0 Å². The second-order valence-electron chi connectivity index (χ2n) is 3.54. The lowest BCUT2D eigenvalue weighted by atomic mass is 10.2. The van der Waals surface area contributed by atoms with E-state index in [0.29, 0.717) is 0 Å². The summed E-state index contributed by atoms with van der Waals surface area (Å²) in [6.07, 6.45) is 9.87. The molecular formula is C15H17N. The minimum Gasteiger partial charge on any atom is -0.297 e. The predicted molar refractivity (Wildman–Crippen MR) is 73.0 cm³/mol. The minimum absolute atomic E-state index is 1.05. The number of rotatable bonds is 3. The van der Waals surface area contributed by atoms with E-state index in [1.54, 1.807) is 13.3 Å². The summed E-state index contributed by atoms with van der Waals surface area (Å²) in [6, 6.07) is 8.08. The first kappa shape index (κ1) is 12.2. The summed E-state index contributed by atoms with van der Waals surface area (Å²) in [5.74, 6) is 0. The van der Waals surface area contributed by atoms with Gasteiger partial charge >= 0.3 is 0 Å². The summed E-state index contributed by atoms with van der Waals surface area (Å²) >= 11 is 0. The number of hydrogen-bond donors (Lipinski definition) is 0. The van der Waals surface area contributed by atoms with Gasteiger partial charge in [-0.1, -0.05) is 54.6 Å². The van der Waals surface area contributed by atoms with Crippen LogP contribution < -0.4 is 10.4 Å². The van der Waals surface area contributed by atoms with Gasteiger partial charge in [-0.15, -0.1) is 0 Å². The van der Waals surface area contributed by atoms with Gasteiger partial charge in [0.15, 0.2) is 0 Å². The maximum atomic E-state index is 3.97. The van der Waals surface area contributed by atoms with Crippen molar-refractivity contribution in [2.45, 2.75) is 6.92 Å². The highest BCUT2D eigenvalue weighted by atomic mass is 14.6. The summed E-state index contributed by atoms with van der Waals surface area (Å²) in [7, 11) is 1.76. The highest BCUT2D eigenvalue weighted by Crippen LogP contribution is 1.93. The Kier molecular flexibility index (Phi) is 5.00. The van der Waals surface area contributed by atoms with Crippen LogP contribution in [-0.2, 0) is 0 Å². The lowest BCUT2D eigenvalue weighted by Crippen LogP contribution is -2.21. The zero-order valence-corrected chi connectivity index (χ0v) is 9.85. The van der Waals surface area contributed by atoms with Crippen LogP contribution >= 0.6 is 0 Å². The average molecular weight is 211 g/mol. The molecule has 16 heavy (non-hydrogen) atoms.